The van der Waals surface area contributed by atoms with Gasteiger partial charge in [0, 0.05) is 27.8 Å². The molecule has 27 heavy (non-hydrogen) atoms. The lowest BCUT2D eigenvalue weighted by atomic mass is 10.1. The first kappa shape index (κ1) is 17.8. The van der Waals surface area contributed by atoms with Crippen LogP contribution in [0.5, 0.6) is 0 Å². The molecular formula is C20H15FN2O2S2. The number of aryl methyl sites for hydroxylation is 1. The topological polar surface area (TPSA) is 55.1 Å². The highest BCUT2D eigenvalue weighted by Gasteiger charge is 2.21. The maximum atomic E-state index is 13.9. The molecule has 4 nitrogen and oxygen atoms in total. The number of carbonyl (C=O) groups excluding carboxylic acids is 1. The number of amides is 1. The molecule has 4 aromatic rings. The molecule has 2 heterocycles. The van der Waals surface area contributed by atoms with Crippen LogP contribution >= 0.6 is 23.1 Å². The molecule has 0 spiro atoms. The van der Waals surface area contributed by atoms with E-state index < -0.39 is 11.7 Å². The van der Waals surface area contributed by atoms with E-state index in [1.807, 2.05) is 36.6 Å². The zero-order valence-corrected chi connectivity index (χ0v) is 16.0. The van der Waals surface area contributed by atoms with Crippen LogP contribution in [0.25, 0.3) is 11.0 Å². The molecule has 0 fully saturated rings. The van der Waals surface area contributed by atoms with E-state index in [1.54, 1.807) is 35.2 Å². The van der Waals surface area contributed by atoms with E-state index in [4.69, 9.17) is 4.42 Å². The van der Waals surface area contributed by atoms with E-state index in [9.17, 15) is 9.18 Å². The minimum Gasteiger partial charge on any atom is -0.451 e. The molecule has 2 aromatic carbocycles. The van der Waals surface area contributed by atoms with Crippen molar-refractivity contribution >= 4 is 45.7 Å². The summed E-state index contributed by atoms with van der Waals surface area (Å²) in [6.07, 6.45) is 0. The number of thioether (sulfide) groups is 1. The first-order valence-corrected chi connectivity index (χ1v) is 10.1. The van der Waals surface area contributed by atoms with Crippen LogP contribution in [-0.4, -0.2) is 10.9 Å². The first-order valence-electron chi connectivity index (χ1n) is 8.23. The number of thiazole rings is 1. The van der Waals surface area contributed by atoms with Crippen molar-refractivity contribution in [3.05, 3.63) is 76.7 Å². The van der Waals surface area contributed by atoms with Gasteiger partial charge in [-0.05, 0) is 25.1 Å². The Labute approximate surface area is 163 Å². The number of carbonyl (C=O) groups is 1. The number of aromatic nitrogens is 1. The predicted octanol–water partition coefficient (Wildman–Crippen LogP) is 5.88. The molecule has 2 aromatic heterocycles. The molecular weight excluding hydrogens is 383 g/mol. The number of hydrogen-bond donors (Lipinski definition) is 1. The van der Waals surface area contributed by atoms with Crippen LogP contribution in [0.3, 0.4) is 0 Å². The number of anilines is 1. The zero-order valence-electron chi connectivity index (χ0n) is 14.4. The summed E-state index contributed by atoms with van der Waals surface area (Å²) in [5, 5.41) is 5.46. The minimum atomic E-state index is -0.490. The van der Waals surface area contributed by atoms with Crippen LogP contribution in [0.15, 0.2) is 62.7 Å². The SMILES string of the molecule is Cc1csc(SCc2c(C(=O)Nc3ccccc3F)oc3ccccc23)n1. The number of rotatable bonds is 5. The number of fused-ring (bicyclic) bond motifs is 1. The number of para-hydroxylation sites is 2. The van der Waals surface area contributed by atoms with Gasteiger partial charge in [0.2, 0.25) is 0 Å². The second-order valence-electron chi connectivity index (χ2n) is 5.88. The van der Waals surface area contributed by atoms with Crippen molar-refractivity contribution in [3.63, 3.8) is 0 Å². The molecule has 0 unspecified atom stereocenters. The lowest BCUT2D eigenvalue weighted by Gasteiger charge is -2.06. The fourth-order valence-electron chi connectivity index (χ4n) is 2.70. The van der Waals surface area contributed by atoms with Crippen molar-refractivity contribution in [3.8, 4) is 0 Å². The maximum Gasteiger partial charge on any atom is 0.291 e. The van der Waals surface area contributed by atoms with Crippen LogP contribution in [0.4, 0.5) is 10.1 Å². The highest BCUT2D eigenvalue weighted by atomic mass is 32.2. The van der Waals surface area contributed by atoms with Crippen molar-refractivity contribution < 1.29 is 13.6 Å². The standard InChI is InChI=1S/C20H15FN2O2S2/c1-12-10-26-20(22-12)27-11-14-13-6-2-5-9-17(13)25-18(14)19(24)23-16-8-4-3-7-15(16)21/h2-10H,11H2,1H3,(H,23,24). The number of furan rings is 1. The predicted molar refractivity (Wildman–Crippen MR) is 107 cm³/mol. The third-order valence-electron chi connectivity index (χ3n) is 3.96. The third kappa shape index (κ3) is 3.74. The average Bonchev–Trinajstić information content (AvgIpc) is 3.25. The summed E-state index contributed by atoms with van der Waals surface area (Å²) in [5.41, 5.74) is 2.49. The Morgan fingerprint density at radius 1 is 1.22 bits per heavy atom. The van der Waals surface area contributed by atoms with Gasteiger partial charge in [0.15, 0.2) is 5.76 Å². The molecule has 0 saturated heterocycles. The quantitative estimate of drug-likeness (QED) is 0.427. The van der Waals surface area contributed by atoms with Gasteiger partial charge in [-0.25, -0.2) is 9.37 Å². The van der Waals surface area contributed by atoms with Gasteiger partial charge in [0.1, 0.15) is 15.7 Å². The number of nitrogens with zero attached hydrogens (tertiary/aromatic N) is 1. The molecule has 0 aliphatic heterocycles. The fraction of sp³-hybridized carbons (Fsp3) is 0.100. The largest absolute Gasteiger partial charge is 0.451 e. The Bertz CT molecular complexity index is 1120. The molecule has 0 aliphatic carbocycles. The van der Waals surface area contributed by atoms with Gasteiger partial charge in [-0.2, -0.15) is 0 Å². The Morgan fingerprint density at radius 2 is 2.00 bits per heavy atom. The molecule has 1 N–H and O–H groups in total. The molecule has 4 rings (SSSR count). The Kier molecular flexibility index (Phi) is 4.96. The zero-order chi connectivity index (χ0) is 18.8. The van der Waals surface area contributed by atoms with Crippen LogP contribution < -0.4 is 5.32 Å². The fourth-order valence-corrected chi connectivity index (χ4v) is 4.58. The third-order valence-corrected chi connectivity index (χ3v) is 6.13. The van der Waals surface area contributed by atoms with Crippen LogP contribution in [0, 0.1) is 12.7 Å². The molecule has 0 saturated carbocycles. The van der Waals surface area contributed by atoms with Crippen molar-refractivity contribution in [1.29, 1.82) is 0 Å². The van der Waals surface area contributed by atoms with Crippen LogP contribution in [-0.2, 0) is 5.75 Å². The molecule has 7 heteroatoms. The summed E-state index contributed by atoms with van der Waals surface area (Å²) < 4.78 is 20.6. The second-order valence-corrected chi connectivity index (χ2v) is 7.96. The van der Waals surface area contributed by atoms with Crippen molar-refractivity contribution in [2.45, 2.75) is 17.0 Å². The summed E-state index contributed by atoms with van der Waals surface area (Å²) in [7, 11) is 0. The van der Waals surface area contributed by atoms with Gasteiger partial charge >= 0.3 is 0 Å². The minimum absolute atomic E-state index is 0.122. The monoisotopic (exact) mass is 398 g/mol. The molecule has 1 amide bonds. The molecule has 0 aliphatic rings. The van der Waals surface area contributed by atoms with E-state index in [0.717, 1.165) is 21.0 Å². The van der Waals surface area contributed by atoms with Gasteiger partial charge in [-0.15, -0.1) is 11.3 Å². The number of nitrogens with one attached hydrogen (secondary N) is 1. The number of benzene rings is 2. The summed E-state index contributed by atoms with van der Waals surface area (Å²) in [5.74, 6) is -0.233. The Balaban J connectivity index is 1.66. The lowest BCUT2D eigenvalue weighted by molar-refractivity contribution is 0.0997. The van der Waals surface area contributed by atoms with Gasteiger partial charge < -0.3 is 9.73 Å². The first-order chi connectivity index (χ1) is 13.1. The van der Waals surface area contributed by atoms with E-state index >= 15 is 0 Å². The van der Waals surface area contributed by atoms with Gasteiger partial charge in [0.05, 0.1) is 5.69 Å². The van der Waals surface area contributed by atoms with Crippen molar-refractivity contribution in [2.75, 3.05) is 5.32 Å². The van der Waals surface area contributed by atoms with Gasteiger partial charge in [0.25, 0.3) is 5.91 Å². The van der Waals surface area contributed by atoms with E-state index in [0.29, 0.717) is 11.3 Å². The molecule has 0 bridgehead atoms. The lowest BCUT2D eigenvalue weighted by Crippen LogP contribution is -2.13. The van der Waals surface area contributed by atoms with Crippen LogP contribution in [0.1, 0.15) is 21.8 Å². The highest BCUT2D eigenvalue weighted by molar-refractivity contribution is 8.00. The normalized spacial score (nSPS) is 11.0. The maximum absolute atomic E-state index is 13.9. The summed E-state index contributed by atoms with van der Waals surface area (Å²) >= 11 is 3.11. The summed E-state index contributed by atoms with van der Waals surface area (Å²) in [4.78, 5) is 17.2. The van der Waals surface area contributed by atoms with Crippen molar-refractivity contribution in [2.24, 2.45) is 0 Å². The average molecular weight is 398 g/mol. The van der Waals surface area contributed by atoms with E-state index in [1.165, 1.54) is 12.1 Å². The Hall–Kier alpha value is -2.64. The molecule has 136 valence electrons. The summed E-state index contributed by atoms with van der Waals surface area (Å²) in [6.45, 7) is 1.95. The second kappa shape index (κ2) is 7.54. The van der Waals surface area contributed by atoms with Crippen molar-refractivity contribution in [1.82, 2.24) is 4.98 Å². The van der Waals surface area contributed by atoms with E-state index in [-0.39, 0.29) is 11.4 Å². The number of halogens is 1. The summed E-state index contributed by atoms with van der Waals surface area (Å²) in [6, 6.07) is 13.5. The highest BCUT2D eigenvalue weighted by Crippen LogP contribution is 2.33. The van der Waals surface area contributed by atoms with Gasteiger partial charge in [-0.3, -0.25) is 4.79 Å². The smallest absolute Gasteiger partial charge is 0.291 e. The molecule has 0 atom stereocenters. The number of hydrogen-bond acceptors (Lipinski definition) is 5. The van der Waals surface area contributed by atoms with Gasteiger partial charge in [-0.1, -0.05) is 42.1 Å². The molecule has 0 radical (unpaired) electrons. The van der Waals surface area contributed by atoms with E-state index in [2.05, 4.69) is 10.3 Å². The Morgan fingerprint density at radius 3 is 2.78 bits per heavy atom. The van der Waals surface area contributed by atoms with Crippen LogP contribution in [0.2, 0.25) is 0 Å².